The van der Waals surface area contributed by atoms with Crippen molar-refractivity contribution in [3.63, 3.8) is 0 Å². The minimum absolute atomic E-state index is 0.121. The van der Waals surface area contributed by atoms with Gasteiger partial charge < -0.3 is 14.8 Å². The summed E-state index contributed by atoms with van der Waals surface area (Å²) in [6, 6.07) is 12.9. The number of carbonyl (C=O) groups is 1. The summed E-state index contributed by atoms with van der Waals surface area (Å²) in [4.78, 5) is 12.4. The third-order valence-electron chi connectivity index (χ3n) is 3.61. The molecule has 0 aliphatic heterocycles. The maximum atomic E-state index is 12.4. The zero-order chi connectivity index (χ0) is 16.1. The van der Waals surface area contributed by atoms with Crippen molar-refractivity contribution in [2.24, 2.45) is 0 Å². The van der Waals surface area contributed by atoms with Gasteiger partial charge in [-0.2, -0.15) is 0 Å². The SMILES string of the molecule is COc1ccc(C(=O)N[C@@H](C)c2ccccc2OC)cc1C. The molecule has 1 N–H and O–H groups in total. The Balaban J connectivity index is 2.16. The molecule has 22 heavy (non-hydrogen) atoms. The van der Waals surface area contributed by atoms with Crippen LogP contribution in [0, 0.1) is 6.92 Å². The van der Waals surface area contributed by atoms with E-state index in [1.165, 1.54) is 0 Å². The number of hydrogen-bond donors (Lipinski definition) is 1. The molecule has 116 valence electrons. The van der Waals surface area contributed by atoms with Gasteiger partial charge in [-0.3, -0.25) is 4.79 Å². The van der Waals surface area contributed by atoms with E-state index in [9.17, 15) is 4.79 Å². The van der Waals surface area contributed by atoms with Crippen LogP contribution in [0.5, 0.6) is 11.5 Å². The third kappa shape index (κ3) is 3.39. The molecule has 0 saturated carbocycles. The number of para-hydroxylation sites is 1. The topological polar surface area (TPSA) is 47.6 Å². The van der Waals surface area contributed by atoms with Crippen molar-refractivity contribution in [1.82, 2.24) is 5.32 Å². The number of aryl methyl sites for hydroxylation is 1. The smallest absolute Gasteiger partial charge is 0.251 e. The zero-order valence-electron chi connectivity index (χ0n) is 13.3. The van der Waals surface area contributed by atoms with Crippen molar-refractivity contribution in [1.29, 1.82) is 0 Å². The molecule has 0 fully saturated rings. The number of rotatable bonds is 5. The maximum Gasteiger partial charge on any atom is 0.251 e. The van der Waals surface area contributed by atoms with Gasteiger partial charge >= 0.3 is 0 Å². The highest BCUT2D eigenvalue weighted by Crippen LogP contribution is 2.25. The Hall–Kier alpha value is -2.49. The van der Waals surface area contributed by atoms with Crippen LogP contribution < -0.4 is 14.8 Å². The van der Waals surface area contributed by atoms with Crippen LogP contribution in [0.25, 0.3) is 0 Å². The molecule has 0 aliphatic carbocycles. The predicted molar refractivity (Wildman–Crippen MR) is 86.6 cm³/mol. The fourth-order valence-electron chi connectivity index (χ4n) is 2.40. The van der Waals surface area contributed by atoms with Gasteiger partial charge in [0.15, 0.2) is 0 Å². The van der Waals surface area contributed by atoms with Crippen LogP contribution in [0.4, 0.5) is 0 Å². The molecule has 0 bridgehead atoms. The summed E-state index contributed by atoms with van der Waals surface area (Å²) in [5.41, 5.74) is 2.49. The van der Waals surface area contributed by atoms with E-state index in [1.807, 2.05) is 44.2 Å². The van der Waals surface area contributed by atoms with E-state index in [2.05, 4.69) is 5.32 Å². The summed E-state index contributed by atoms with van der Waals surface area (Å²) in [6.45, 7) is 3.85. The monoisotopic (exact) mass is 299 g/mol. The highest BCUT2D eigenvalue weighted by atomic mass is 16.5. The Bertz CT molecular complexity index is 667. The van der Waals surface area contributed by atoms with Gasteiger partial charge in [0.05, 0.1) is 20.3 Å². The van der Waals surface area contributed by atoms with Crippen LogP contribution in [0.2, 0.25) is 0 Å². The largest absolute Gasteiger partial charge is 0.496 e. The molecule has 2 aromatic carbocycles. The van der Waals surface area contributed by atoms with Crippen molar-refractivity contribution in [3.05, 3.63) is 59.2 Å². The fraction of sp³-hybridized carbons (Fsp3) is 0.278. The van der Waals surface area contributed by atoms with Gasteiger partial charge in [0, 0.05) is 11.1 Å². The lowest BCUT2D eigenvalue weighted by Gasteiger charge is -2.17. The van der Waals surface area contributed by atoms with E-state index in [1.54, 1.807) is 26.4 Å². The van der Waals surface area contributed by atoms with Crippen LogP contribution in [0.3, 0.4) is 0 Å². The van der Waals surface area contributed by atoms with Crippen LogP contribution >= 0.6 is 0 Å². The van der Waals surface area contributed by atoms with Crippen LogP contribution in [-0.2, 0) is 0 Å². The van der Waals surface area contributed by atoms with Gasteiger partial charge in [0.2, 0.25) is 0 Å². The second-order valence-electron chi connectivity index (χ2n) is 5.12. The molecule has 2 rings (SSSR count). The number of nitrogens with one attached hydrogen (secondary N) is 1. The van der Waals surface area contributed by atoms with Crippen LogP contribution in [-0.4, -0.2) is 20.1 Å². The number of hydrogen-bond acceptors (Lipinski definition) is 3. The van der Waals surface area contributed by atoms with Gasteiger partial charge in [-0.25, -0.2) is 0 Å². The normalized spacial score (nSPS) is 11.6. The quantitative estimate of drug-likeness (QED) is 0.919. The highest BCUT2D eigenvalue weighted by molar-refractivity contribution is 5.94. The molecule has 0 heterocycles. The van der Waals surface area contributed by atoms with Crippen molar-refractivity contribution in [2.45, 2.75) is 19.9 Å². The maximum absolute atomic E-state index is 12.4. The summed E-state index contributed by atoms with van der Waals surface area (Å²) < 4.78 is 10.5. The fourth-order valence-corrected chi connectivity index (χ4v) is 2.40. The summed E-state index contributed by atoms with van der Waals surface area (Å²) >= 11 is 0. The summed E-state index contributed by atoms with van der Waals surface area (Å²) in [5.74, 6) is 1.42. The van der Waals surface area contributed by atoms with Crippen LogP contribution in [0.1, 0.15) is 34.5 Å². The van der Waals surface area contributed by atoms with Gasteiger partial charge in [0.25, 0.3) is 5.91 Å². The van der Waals surface area contributed by atoms with Gasteiger partial charge in [-0.15, -0.1) is 0 Å². The van der Waals surface area contributed by atoms with E-state index >= 15 is 0 Å². The first-order chi connectivity index (χ1) is 10.6. The first kappa shape index (κ1) is 15.9. The minimum atomic E-state index is -0.147. The average molecular weight is 299 g/mol. The molecule has 0 radical (unpaired) electrons. The number of methoxy groups -OCH3 is 2. The van der Waals surface area contributed by atoms with Crippen molar-refractivity contribution < 1.29 is 14.3 Å². The Morgan fingerprint density at radius 2 is 1.73 bits per heavy atom. The van der Waals surface area contributed by atoms with E-state index in [0.29, 0.717) is 5.56 Å². The minimum Gasteiger partial charge on any atom is -0.496 e. The van der Waals surface area contributed by atoms with E-state index in [0.717, 1.165) is 22.6 Å². The van der Waals surface area contributed by atoms with E-state index in [4.69, 9.17) is 9.47 Å². The number of amides is 1. The second-order valence-corrected chi connectivity index (χ2v) is 5.12. The third-order valence-corrected chi connectivity index (χ3v) is 3.61. The Morgan fingerprint density at radius 1 is 1.05 bits per heavy atom. The lowest BCUT2D eigenvalue weighted by molar-refractivity contribution is 0.0939. The second kappa shape index (κ2) is 6.98. The Labute approximate surface area is 131 Å². The Kier molecular flexibility index (Phi) is 5.04. The molecule has 4 heteroatoms. The summed E-state index contributed by atoms with van der Waals surface area (Å²) in [6.07, 6.45) is 0. The first-order valence-corrected chi connectivity index (χ1v) is 7.15. The van der Waals surface area contributed by atoms with Crippen LogP contribution in [0.15, 0.2) is 42.5 Å². The standard InChI is InChI=1S/C18H21NO3/c1-12-11-14(9-10-16(12)21-3)18(20)19-13(2)15-7-5-6-8-17(15)22-4/h5-11,13H,1-4H3,(H,19,20)/t13-/m0/s1. The molecule has 4 nitrogen and oxygen atoms in total. The van der Waals surface area contributed by atoms with E-state index in [-0.39, 0.29) is 11.9 Å². The molecule has 0 spiro atoms. The van der Waals surface area contributed by atoms with Crippen molar-refractivity contribution in [2.75, 3.05) is 14.2 Å². The number of benzene rings is 2. The molecule has 1 amide bonds. The molecular formula is C18H21NO3. The molecule has 0 unspecified atom stereocenters. The number of ether oxygens (including phenoxy) is 2. The molecular weight excluding hydrogens is 278 g/mol. The Morgan fingerprint density at radius 3 is 2.36 bits per heavy atom. The van der Waals surface area contributed by atoms with Crippen molar-refractivity contribution >= 4 is 5.91 Å². The lowest BCUT2D eigenvalue weighted by Crippen LogP contribution is -2.27. The number of carbonyl (C=O) groups excluding carboxylic acids is 1. The first-order valence-electron chi connectivity index (χ1n) is 7.15. The molecule has 2 aromatic rings. The molecule has 0 saturated heterocycles. The highest BCUT2D eigenvalue weighted by Gasteiger charge is 2.15. The van der Waals surface area contributed by atoms with Crippen molar-refractivity contribution in [3.8, 4) is 11.5 Å². The van der Waals surface area contributed by atoms with Gasteiger partial charge in [-0.05, 0) is 43.7 Å². The average Bonchev–Trinajstić information content (AvgIpc) is 2.54. The molecule has 1 atom stereocenters. The molecule has 0 aromatic heterocycles. The summed E-state index contributed by atoms with van der Waals surface area (Å²) in [5, 5.41) is 2.99. The zero-order valence-corrected chi connectivity index (χ0v) is 13.3. The van der Waals surface area contributed by atoms with Gasteiger partial charge in [-0.1, -0.05) is 18.2 Å². The summed E-state index contributed by atoms with van der Waals surface area (Å²) in [7, 11) is 3.24. The predicted octanol–water partition coefficient (Wildman–Crippen LogP) is 3.50. The van der Waals surface area contributed by atoms with E-state index < -0.39 is 0 Å². The lowest BCUT2D eigenvalue weighted by atomic mass is 10.1. The van der Waals surface area contributed by atoms with Gasteiger partial charge in [0.1, 0.15) is 11.5 Å². The molecule has 0 aliphatic rings.